The van der Waals surface area contributed by atoms with Crippen molar-refractivity contribution in [1.29, 1.82) is 0 Å². The molecule has 4 nitrogen and oxygen atoms in total. The summed E-state index contributed by atoms with van der Waals surface area (Å²) in [6.45, 7) is 0. The van der Waals surface area contributed by atoms with Crippen LogP contribution in [-0.2, 0) is 7.05 Å². The van der Waals surface area contributed by atoms with Crippen LogP contribution in [0.25, 0.3) is 11.4 Å². The van der Waals surface area contributed by atoms with Crippen molar-refractivity contribution < 1.29 is 0 Å². The van der Waals surface area contributed by atoms with Crippen molar-refractivity contribution in [3.8, 4) is 11.4 Å². The summed E-state index contributed by atoms with van der Waals surface area (Å²) in [5.74, 6) is 0. The van der Waals surface area contributed by atoms with Gasteiger partial charge in [-0.05, 0) is 44.0 Å². The molecule has 0 atom stereocenters. The zero-order valence-corrected chi connectivity index (χ0v) is 10.4. The molecule has 0 fully saturated rings. The third kappa shape index (κ3) is 1.72. The van der Waals surface area contributed by atoms with E-state index >= 15 is 0 Å². The highest BCUT2D eigenvalue weighted by atomic mass is 79.9. The van der Waals surface area contributed by atoms with Crippen LogP contribution < -0.4 is 0 Å². The molecule has 14 heavy (non-hydrogen) atoms. The van der Waals surface area contributed by atoms with Crippen molar-refractivity contribution >= 4 is 31.9 Å². The van der Waals surface area contributed by atoms with E-state index in [2.05, 4.69) is 47.2 Å². The van der Waals surface area contributed by atoms with Gasteiger partial charge < -0.3 is 0 Å². The van der Waals surface area contributed by atoms with Crippen molar-refractivity contribution in [2.24, 2.45) is 7.05 Å². The maximum atomic E-state index is 4.32. The predicted octanol–water partition coefficient (Wildman–Crippen LogP) is 2.40. The van der Waals surface area contributed by atoms with E-state index in [1.807, 2.05) is 25.2 Å². The Hall–Kier alpha value is -0.750. The Morgan fingerprint density at radius 3 is 2.64 bits per heavy atom. The second-order valence-electron chi connectivity index (χ2n) is 2.70. The van der Waals surface area contributed by atoms with E-state index in [0.29, 0.717) is 4.60 Å². The third-order valence-corrected chi connectivity index (χ3v) is 2.72. The summed E-state index contributed by atoms with van der Waals surface area (Å²) in [5, 5.41) is 7.78. The van der Waals surface area contributed by atoms with Crippen LogP contribution in [0.4, 0.5) is 0 Å². The van der Waals surface area contributed by atoms with Crippen LogP contribution in [0.1, 0.15) is 0 Å². The fraction of sp³-hybridized carbons (Fsp3) is 0.125. The maximum absolute atomic E-state index is 4.32. The summed E-state index contributed by atoms with van der Waals surface area (Å²) in [5.41, 5.74) is 1.70. The van der Waals surface area contributed by atoms with E-state index in [-0.39, 0.29) is 0 Å². The van der Waals surface area contributed by atoms with Gasteiger partial charge in [0.25, 0.3) is 0 Å². The summed E-state index contributed by atoms with van der Waals surface area (Å²) >= 11 is 6.65. The summed E-state index contributed by atoms with van der Waals surface area (Å²) in [6, 6.07) is 5.71. The summed E-state index contributed by atoms with van der Waals surface area (Å²) < 4.78 is 3.17. The third-order valence-electron chi connectivity index (χ3n) is 1.74. The first-order valence-corrected chi connectivity index (χ1v) is 5.45. The Bertz CT molecular complexity index is 447. The molecular formula is C8H6Br2N4. The monoisotopic (exact) mass is 316 g/mol. The lowest BCUT2D eigenvalue weighted by atomic mass is 10.3. The Morgan fingerprint density at radius 2 is 2.07 bits per heavy atom. The standard InChI is InChI=1S/C8H6Br2N4/c1-14-7(8(10)12-13-14)5-3-2-4-6(9)11-5/h2-4H,1H3. The molecule has 72 valence electrons. The van der Waals surface area contributed by atoms with Gasteiger partial charge in [-0.25, -0.2) is 9.67 Å². The van der Waals surface area contributed by atoms with E-state index in [1.165, 1.54) is 0 Å². The van der Waals surface area contributed by atoms with Gasteiger partial charge >= 0.3 is 0 Å². The lowest BCUT2D eigenvalue weighted by Gasteiger charge is -2.00. The Balaban J connectivity index is 2.59. The zero-order valence-electron chi connectivity index (χ0n) is 7.28. The highest BCUT2D eigenvalue weighted by molar-refractivity contribution is 9.10. The molecule has 0 aliphatic carbocycles. The Kier molecular flexibility index (Phi) is 2.64. The average molecular weight is 318 g/mol. The van der Waals surface area contributed by atoms with Gasteiger partial charge in [0.15, 0.2) is 4.60 Å². The van der Waals surface area contributed by atoms with Crippen LogP contribution in [-0.4, -0.2) is 20.0 Å². The van der Waals surface area contributed by atoms with Crippen molar-refractivity contribution in [2.75, 3.05) is 0 Å². The number of halogens is 2. The van der Waals surface area contributed by atoms with Crippen LogP contribution in [0.5, 0.6) is 0 Å². The van der Waals surface area contributed by atoms with Gasteiger partial charge in [-0.3, -0.25) is 0 Å². The largest absolute Gasteiger partial charge is 0.245 e. The molecule has 2 heterocycles. The topological polar surface area (TPSA) is 43.6 Å². The van der Waals surface area contributed by atoms with Crippen LogP contribution in [0.15, 0.2) is 27.4 Å². The SMILES string of the molecule is Cn1nnc(Br)c1-c1cccc(Br)n1. The first-order chi connectivity index (χ1) is 6.68. The summed E-state index contributed by atoms with van der Waals surface area (Å²) in [4.78, 5) is 4.32. The lowest BCUT2D eigenvalue weighted by molar-refractivity contribution is 0.718. The van der Waals surface area contributed by atoms with Crippen LogP contribution in [0, 0.1) is 0 Å². The van der Waals surface area contributed by atoms with Gasteiger partial charge in [0, 0.05) is 7.05 Å². The second-order valence-corrected chi connectivity index (χ2v) is 4.26. The maximum Gasteiger partial charge on any atom is 0.157 e. The van der Waals surface area contributed by atoms with Crippen LogP contribution >= 0.6 is 31.9 Å². The number of hydrogen-bond acceptors (Lipinski definition) is 3. The molecule has 0 bridgehead atoms. The fourth-order valence-corrected chi connectivity index (χ4v) is 2.02. The van der Waals surface area contributed by atoms with Gasteiger partial charge in [0.05, 0.1) is 5.69 Å². The number of rotatable bonds is 1. The van der Waals surface area contributed by atoms with Crippen molar-refractivity contribution in [3.05, 3.63) is 27.4 Å². The normalized spacial score (nSPS) is 10.5. The molecule has 0 spiro atoms. The van der Waals surface area contributed by atoms with Crippen LogP contribution in [0.3, 0.4) is 0 Å². The van der Waals surface area contributed by atoms with Crippen LogP contribution in [0.2, 0.25) is 0 Å². The quantitative estimate of drug-likeness (QED) is 0.759. The number of nitrogens with zero attached hydrogens (tertiary/aromatic N) is 4. The molecule has 0 aliphatic heterocycles. The number of hydrogen-bond donors (Lipinski definition) is 0. The van der Waals surface area contributed by atoms with Gasteiger partial charge in [-0.15, -0.1) is 5.10 Å². The minimum absolute atomic E-state index is 0.700. The number of pyridine rings is 1. The molecule has 6 heteroatoms. The smallest absolute Gasteiger partial charge is 0.157 e. The molecule has 0 amide bonds. The zero-order chi connectivity index (χ0) is 10.1. The fourth-order valence-electron chi connectivity index (χ4n) is 1.14. The van der Waals surface area contributed by atoms with E-state index < -0.39 is 0 Å². The van der Waals surface area contributed by atoms with E-state index in [1.54, 1.807) is 4.68 Å². The summed E-state index contributed by atoms with van der Waals surface area (Å²) in [7, 11) is 1.83. The van der Waals surface area contributed by atoms with Gasteiger partial charge in [-0.2, -0.15) is 0 Å². The molecule has 0 unspecified atom stereocenters. The molecule has 0 N–H and O–H groups in total. The minimum atomic E-state index is 0.700. The highest BCUT2D eigenvalue weighted by Gasteiger charge is 2.11. The first-order valence-electron chi connectivity index (χ1n) is 3.86. The van der Waals surface area contributed by atoms with Crippen molar-refractivity contribution in [2.45, 2.75) is 0 Å². The van der Waals surface area contributed by atoms with Gasteiger partial charge in [0.2, 0.25) is 0 Å². The average Bonchev–Trinajstić information content (AvgIpc) is 2.46. The highest BCUT2D eigenvalue weighted by Crippen LogP contribution is 2.24. The lowest BCUT2D eigenvalue weighted by Crippen LogP contribution is -1.95. The number of aromatic nitrogens is 4. The van der Waals surface area contributed by atoms with Crippen molar-refractivity contribution in [3.63, 3.8) is 0 Å². The molecule has 2 aromatic heterocycles. The molecule has 0 radical (unpaired) electrons. The molecule has 0 aromatic carbocycles. The molecule has 2 rings (SSSR count). The van der Waals surface area contributed by atoms with E-state index in [9.17, 15) is 0 Å². The summed E-state index contributed by atoms with van der Waals surface area (Å²) in [6.07, 6.45) is 0. The second kappa shape index (κ2) is 3.78. The van der Waals surface area contributed by atoms with Gasteiger partial charge in [0.1, 0.15) is 10.3 Å². The van der Waals surface area contributed by atoms with Crippen molar-refractivity contribution in [1.82, 2.24) is 20.0 Å². The molecule has 0 aliphatic rings. The molecular weight excluding hydrogens is 312 g/mol. The molecule has 0 saturated carbocycles. The molecule has 2 aromatic rings. The Labute approximate surface area is 97.6 Å². The van der Waals surface area contributed by atoms with E-state index in [0.717, 1.165) is 16.0 Å². The van der Waals surface area contributed by atoms with E-state index in [4.69, 9.17) is 0 Å². The number of aryl methyl sites for hydroxylation is 1. The Morgan fingerprint density at radius 1 is 1.29 bits per heavy atom. The molecule has 0 saturated heterocycles. The first kappa shape index (κ1) is 9.79. The minimum Gasteiger partial charge on any atom is -0.245 e. The van der Waals surface area contributed by atoms with Gasteiger partial charge in [-0.1, -0.05) is 11.3 Å². The predicted molar refractivity (Wildman–Crippen MR) is 59.6 cm³/mol.